The van der Waals surface area contributed by atoms with Crippen LogP contribution in [0.1, 0.15) is 44.0 Å². The molecule has 1 aliphatic carbocycles. The minimum Gasteiger partial charge on any atom is -0.469 e. The minimum atomic E-state index is -0.837. The first-order valence-corrected chi connectivity index (χ1v) is 5.96. The van der Waals surface area contributed by atoms with Crippen LogP contribution in [0.5, 0.6) is 0 Å². The SMILES string of the molecule is CCC(C(=O)OC)C(O)c1cncn1C1CC1. The molecule has 1 aliphatic rings. The molecule has 2 unspecified atom stereocenters. The quantitative estimate of drug-likeness (QED) is 0.788. The van der Waals surface area contributed by atoms with Crippen molar-refractivity contribution in [3.05, 3.63) is 18.2 Å². The lowest BCUT2D eigenvalue weighted by Crippen LogP contribution is -2.24. The number of nitrogens with zero attached hydrogens (tertiary/aromatic N) is 2. The molecule has 0 radical (unpaired) electrons. The van der Waals surface area contributed by atoms with Crippen molar-refractivity contribution < 1.29 is 14.6 Å². The van der Waals surface area contributed by atoms with E-state index in [-0.39, 0.29) is 5.97 Å². The second kappa shape index (κ2) is 4.87. The fourth-order valence-electron chi connectivity index (χ4n) is 2.08. The Bertz CT molecular complexity index is 398. The van der Waals surface area contributed by atoms with Gasteiger partial charge in [-0.05, 0) is 19.3 Å². The van der Waals surface area contributed by atoms with E-state index < -0.39 is 12.0 Å². The van der Waals surface area contributed by atoms with E-state index in [4.69, 9.17) is 4.74 Å². The van der Waals surface area contributed by atoms with Gasteiger partial charge in [-0.15, -0.1) is 0 Å². The van der Waals surface area contributed by atoms with E-state index in [2.05, 4.69) is 4.98 Å². The standard InChI is InChI=1S/C12H18N2O3/c1-3-9(12(16)17-2)11(15)10-6-13-7-14(10)8-4-5-8/h6-9,11,15H,3-5H2,1-2H3. The number of rotatable bonds is 5. The van der Waals surface area contributed by atoms with Crippen LogP contribution in [0.3, 0.4) is 0 Å². The maximum absolute atomic E-state index is 11.6. The van der Waals surface area contributed by atoms with E-state index in [0.29, 0.717) is 18.2 Å². The number of carbonyl (C=O) groups excluding carboxylic acids is 1. The van der Waals surface area contributed by atoms with Crippen molar-refractivity contribution in [3.8, 4) is 0 Å². The van der Waals surface area contributed by atoms with Gasteiger partial charge in [0, 0.05) is 6.04 Å². The van der Waals surface area contributed by atoms with E-state index in [1.54, 1.807) is 12.5 Å². The summed E-state index contributed by atoms with van der Waals surface area (Å²) >= 11 is 0. The van der Waals surface area contributed by atoms with Crippen LogP contribution in [-0.2, 0) is 9.53 Å². The highest BCUT2D eigenvalue weighted by Crippen LogP contribution is 2.38. The summed E-state index contributed by atoms with van der Waals surface area (Å²) in [6, 6.07) is 0.442. The number of ether oxygens (including phenoxy) is 1. The molecule has 1 fully saturated rings. The van der Waals surface area contributed by atoms with Crippen LogP contribution in [0.4, 0.5) is 0 Å². The molecule has 1 aromatic rings. The smallest absolute Gasteiger partial charge is 0.311 e. The van der Waals surface area contributed by atoms with Crippen LogP contribution in [-0.4, -0.2) is 27.7 Å². The fraction of sp³-hybridized carbons (Fsp3) is 0.667. The third-order valence-electron chi connectivity index (χ3n) is 3.26. The highest BCUT2D eigenvalue weighted by atomic mass is 16.5. The van der Waals surface area contributed by atoms with Gasteiger partial charge in [-0.25, -0.2) is 4.98 Å². The predicted octanol–water partition coefficient (Wildman–Crippen LogP) is 1.45. The number of aliphatic hydroxyl groups excluding tert-OH is 1. The second-order valence-electron chi connectivity index (χ2n) is 4.44. The first kappa shape index (κ1) is 12.1. The molecule has 1 N–H and O–H groups in total. The molecule has 1 heterocycles. The Kier molecular flexibility index (Phi) is 3.47. The first-order chi connectivity index (χ1) is 8.19. The van der Waals surface area contributed by atoms with Crippen LogP contribution < -0.4 is 0 Å². The molecule has 5 heteroatoms. The lowest BCUT2D eigenvalue weighted by molar-refractivity contribution is -0.150. The van der Waals surface area contributed by atoms with Crippen LogP contribution in [0.25, 0.3) is 0 Å². The van der Waals surface area contributed by atoms with E-state index >= 15 is 0 Å². The second-order valence-corrected chi connectivity index (χ2v) is 4.44. The van der Waals surface area contributed by atoms with Gasteiger partial charge in [0.25, 0.3) is 0 Å². The molecular formula is C12H18N2O3. The Morgan fingerprint density at radius 2 is 2.41 bits per heavy atom. The highest BCUT2D eigenvalue weighted by Gasteiger charge is 2.33. The molecule has 0 saturated heterocycles. The molecular weight excluding hydrogens is 220 g/mol. The number of hydrogen-bond acceptors (Lipinski definition) is 4. The average molecular weight is 238 g/mol. The number of imidazole rings is 1. The topological polar surface area (TPSA) is 64.3 Å². The van der Waals surface area contributed by atoms with Crippen LogP contribution >= 0.6 is 0 Å². The monoisotopic (exact) mass is 238 g/mol. The van der Waals surface area contributed by atoms with Crippen molar-refractivity contribution in [2.75, 3.05) is 7.11 Å². The number of hydrogen-bond donors (Lipinski definition) is 1. The van der Waals surface area contributed by atoms with Gasteiger partial charge < -0.3 is 14.4 Å². The third kappa shape index (κ3) is 2.34. The molecule has 0 aromatic carbocycles. The number of aromatic nitrogens is 2. The molecule has 0 aliphatic heterocycles. The number of aliphatic hydroxyl groups is 1. The van der Waals surface area contributed by atoms with Crippen molar-refractivity contribution in [2.45, 2.75) is 38.3 Å². The lowest BCUT2D eigenvalue weighted by atomic mass is 9.97. The normalized spacial score (nSPS) is 18.8. The molecule has 0 bridgehead atoms. The van der Waals surface area contributed by atoms with Crippen molar-refractivity contribution in [2.24, 2.45) is 5.92 Å². The Morgan fingerprint density at radius 3 is 2.94 bits per heavy atom. The van der Waals surface area contributed by atoms with Gasteiger partial charge >= 0.3 is 5.97 Å². The molecule has 1 saturated carbocycles. The third-order valence-corrected chi connectivity index (χ3v) is 3.26. The number of esters is 1. The molecule has 94 valence electrons. The molecule has 2 atom stereocenters. The van der Waals surface area contributed by atoms with Gasteiger partial charge in [0.1, 0.15) is 6.10 Å². The zero-order valence-corrected chi connectivity index (χ0v) is 10.2. The predicted molar refractivity (Wildman–Crippen MR) is 61.3 cm³/mol. The molecule has 1 aromatic heterocycles. The summed E-state index contributed by atoms with van der Waals surface area (Å²) in [5, 5.41) is 10.3. The Morgan fingerprint density at radius 1 is 1.71 bits per heavy atom. The highest BCUT2D eigenvalue weighted by molar-refractivity contribution is 5.73. The Balaban J connectivity index is 2.19. The van der Waals surface area contributed by atoms with Crippen LogP contribution in [0, 0.1) is 5.92 Å². The maximum atomic E-state index is 11.6. The Hall–Kier alpha value is -1.36. The van der Waals surface area contributed by atoms with Crippen molar-refractivity contribution >= 4 is 5.97 Å². The zero-order valence-electron chi connectivity index (χ0n) is 10.2. The van der Waals surface area contributed by atoms with Gasteiger partial charge in [-0.3, -0.25) is 4.79 Å². The van der Waals surface area contributed by atoms with E-state index in [1.807, 2.05) is 11.5 Å². The number of methoxy groups -OCH3 is 1. The Labute approximate surface area is 100 Å². The molecule has 2 rings (SSSR count). The summed E-state index contributed by atoms with van der Waals surface area (Å²) < 4.78 is 6.68. The molecule has 0 spiro atoms. The summed E-state index contributed by atoms with van der Waals surface area (Å²) in [5.74, 6) is -0.891. The maximum Gasteiger partial charge on any atom is 0.311 e. The fourth-order valence-corrected chi connectivity index (χ4v) is 2.08. The van der Waals surface area contributed by atoms with Gasteiger partial charge in [-0.1, -0.05) is 6.92 Å². The van der Waals surface area contributed by atoms with Gasteiger partial charge in [0.2, 0.25) is 0 Å². The summed E-state index contributed by atoms with van der Waals surface area (Å²) in [5.41, 5.74) is 0.713. The molecule has 0 amide bonds. The zero-order chi connectivity index (χ0) is 12.4. The van der Waals surface area contributed by atoms with Crippen LogP contribution in [0.2, 0.25) is 0 Å². The van der Waals surface area contributed by atoms with Crippen molar-refractivity contribution in [1.82, 2.24) is 9.55 Å². The van der Waals surface area contributed by atoms with Gasteiger partial charge in [0.15, 0.2) is 0 Å². The summed E-state index contributed by atoms with van der Waals surface area (Å²) in [4.78, 5) is 15.6. The van der Waals surface area contributed by atoms with Crippen LogP contribution in [0.15, 0.2) is 12.5 Å². The minimum absolute atomic E-state index is 0.372. The largest absolute Gasteiger partial charge is 0.469 e. The van der Waals surface area contributed by atoms with Gasteiger partial charge in [0.05, 0.1) is 31.2 Å². The first-order valence-electron chi connectivity index (χ1n) is 5.96. The lowest BCUT2D eigenvalue weighted by Gasteiger charge is -2.20. The van der Waals surface area contributed by atoms with Crippen molar-refractivity contribution in [3.63, 3.8) is 0 Å². The summed E-state index contributed by atoms with van der Waals surface area (Å²) in [6.45, 7) is 1.86. The van der Waals surface area contributed by atoms with E-state index in [9.17, 15) is 9.90 Å². The van der Waals surface area contributed by atoms with E-state index in [1.165, 1.54) is 7.11 Å². The molecule has 5 nitrogen and oxygen atoms in total. The average Bonchev–Trinajstić information content (AvgIpc) is 3.07. The van der Waals surface area contributed by atoms with E-state index in [0.717, 1.165) is 12.8 Å². The van der Waals surface area contributed by atoms with Gasteiger partial charge in [-0.2, -0.15) is 0 Å². The van der Waals surface area contributed by atoms with Crippen molar-refractivity contribution in [1.29, 1.82) is 0 Å². The molecule has 17 heavy (non-hydrogen) atoms. The summed E-state index contributed by atoms with van der Waals surface area (Å²) in [7, 11) is 1.34. The summed E-state index contributed by atoms with van der Waals surface area (Å²) in [6.07, 6.45) is 5.30. The number of carbonyl (C=O) groups is 1.